The first-order chi connectivity index (χ1) is 6.54. The van der Waals surface area contributed by atoms with E-state index in [4.69, 9.17) is 5.73 Å². The SMILES string of the molecule is CCc1cc(CC(C)N)c(C)cc1O. The quantitative estimate of drug-likeness (QED) is 0.772. The van der Waals surface area contributed by atoms with Crippen LogP contribution in [0.4, 0.5) is 0 Å². The molecule has 0 heterocycles. The van der Waals surface area contributed by atoms with Gasteiger partial charge in [0.1, 0.15) is 5.75 Å². The summed E-state index contributed by atoms with van der Waals surface area (Å²) in [5.41, 5.74) is 9.13. The maximum absolute atomic E-state index is 9.62. The largest absolute Gasteiger partial charge is 0.508 e. The highest BCUT2D eigenvalue weighted by Crippen LogP contribution is 2.23. The summed E-state index contributed by atoms with van der Waals surface area (Å²) in [5, 5.41) is 9.62. The first-order valence-corrected chi connectivity index (χ1v) is 5.11. The number of aromatic hydroxyl groups is 1. The zero-order valence-electron chi connectivity index (χ0n) is 9.17. The number of hydrogen-bond donors (Lipinski definition) is 2. The van der Waals surface area contributed by atoms with Gasteiger partial charge in [0.05, 0.1) is 0 Å². The minimum absolute atomic E-state index is 0.169. The number of rotatable bonds is 3. The van der Waals surface area contributed by atoms with E-state index in [9.17, 15) is 5.11 Å². The van der Waals surface area contributed by atoms with E-state index >= 15 is 0 Å². The van der Waals surface area contributed by atoms with Crippen molar-refractivity contribution in [3.8, 4) is 5.75 Å². The van der Waals surface area contributed by atoms with Crippen LogP contribution in [0.5, 0.6) is 5.75 Å². The average molecular weight is 193 g/mol. The molecular weight excluding hydrogens is 174 g/mol. The summed E-state index contributed by atoms with van der Waals surface area (Å²) < 4.78 is 0. The average Bonchev–Trinajstić information content (AvgIpc) is 2.09. The zero-order chi connectivity index (χ0) is 10.7. The van der Waals surface area contributed by atoms with Gasteiger partial charge >= 0.3 is 0 Å². The van der Waals surface area contributed by atoms with Gasteiger partial charge in [-0.3, -0.25) is 0 Å². The highest BCUT2D eigenvalue weighted by Gasteiger charge is 2.06. The molecule has 0 saturated carbocycles. The lowest BCUT2D eigenvalue weighted by Gasteiger charge is -2.12. The van der Waals surface area contributed by atoms with E-state index in [1.54, 1.807) is 0 Å². The maximum atomic E-state index is 9.62. The van der Waals surface area contributed by atoms with Crippen molar-refractivity contribution in [1.82, 2.24) is 0 Å². The van der Waals surface area contributed by atoms with Crippen LogP contribution in [0.1, 0.15) is 30.5 Å². The lowest BCUT2D eigenvalue weighted by atomic mass is 9.98. The molecule has 0 radical (unpaired) electrons. The van der Waals surface area contributed by atoms with Gasteiger partial charge < -0.3 is 10.8 Å². The highest BCUT2D eigenvalue weighted by molar-refractivity contribution is 5.41. The molecule has 14 heavy (non-hydrogen) atoms. The summed E-state index contributed by atoms with van der Waals surface area (Å²) in [5.74, 6) is 0.401. The fraction of sp³-hybridized carbons (Fsp3) is 0.500. The Kier molecular flexibility index (Phi) is 3.53. The second-order valence-corrected chi connectivity index (χ2v) is 3.94. The van der Waals surface area contributed by atoms with Crippen LogP contribution in [-0.4, -0.2) is 11.1 Å². The molecule has 1 aromatic carbocycles. The van der Waals surface area contributed by atoms with Crippen LogP contribution in [0.15, 0.2) is 12.1 Å². The second-order valence-electron chi connectivity index (χ2n) is 3.94. The Labute approximate surface area is 85.8 Å². The molecule has 0 aliphatic carbocycles. The molecule has 78 valence electrons. The van der Waals surface area contributed by atoms with E-state index in [1.807, 2.05) is 26.8 Å². The molecular formula is C12H19NO. The van der Waals surface area contributed by atoms with Crippen LogP contribution in [0.25, 0.3) is 0 Å². The van der Waals surface area contributed by atoms with E-state index in [0.717, 1.165) is 24.0 Å². The molecule has 0 spiro atoms. The predicted octanol–water partition coefficient (Wildman–Crippen LogP) is 2.15. The maximum Gasteiger partial charge on any atom is 0.119 e. The van der Waals surface area contributed by atoms with Crippen molar-refractivity contribution < 1.29 is 5.11 Å². The Balaban J connectivity index is 3.04. The normalized spacial score (nSPS) is 12.9. The predicted molar refractivity (Wildman–Crippen MR) is 59.6 cm³/mol. The molecule has 0 bridgehead atoms. The third kappa shape index (κ3) is 2.48. The van der Waals surface area contributed by atoms with Gasteiger partial charge in [-0.1, -0.05) is 13.0 Å². The lowest BCUT2D eigenvalue weighted by molar-refractivity contribution is 0.468. The number of benzene rings is 1. The summed E-state index contributed by atoms with van der Waals surface area (Å²) in [6.07, 6.45) is 1.73. The standard InChI is InChI=1S/C12H19NO/c1-4-10-7-11(6-9(3)13)8(2)5-12(10)14/h5,7,9,14H,4,6,13H2,1-3H3. The zero-order valence-corrected chi connectivity index (χ0v) is 9.17. The minimum atomic E-state index is 0.169. The summed E-state index contributed by atoms with van der Waals surface area (Å²) in [4.78, 5) is 0. The molecule has 2 heteroatoms. The molecule has 0 fully saturated rings. The topological polar surface area (TPSA) is 46.2 Å². The first kappa shape index (κ1) is 11.1. The van der Waals surface area contributed by atoms with Crippen molar-refractivity contribution in [3.63, 3.8) is 0 Å². The van der Waals surface area contributed by atoms with Gasteiger partial charge in [-0.05, 0) is 49.4 Å². The molecule has 1 rings (SSSR count). The Morgan fingerprint density at radius 3 is 2.50 bits per heavy atom. The number of nitrogens with two attached hydrogens (primary N) is 1. The lowest BCUT2D eigenvalue weighted by Crippen LogP contribution is -2.18. The summed E-state index contributed by atoms with van der Waals surface area (Å²) in [6.45, 7) is 6.05. The Bertz CT molecular complexity index is 318. The molecule has 0 amide bonds. The van der Waals surface area contributed by atoms with Crippen LogP contribution >= 0.6 is 0 Å². The monoisotopic (exact) mass is 193 g/mol. The van der Waals surface area contributed by atoms with Crippen LogP contribution in [0.2, 0.25) is 0 Å². The number of phenols is 1. The molecule has 0 aliphatic rings. The van der Waals surface area contributed by atoms with Crippen molar-refractivity contribution in [2.24, 2.45) is 5.73 Å². The minimum Gasteiger partial charge on any atom is -0.508 e. The fourth-order valence-corrected chi connectivity index (χ4v) is 1.64. The molecule has 2 nitrogen and oxygen atoms in total. The van der Waals surface area contributed by atoms with Crippen LogP contribution in [-0.2, 0) is 12.8 Å². The van der Waals surface area contributed by atoms with Crippen molar-refractivity contribution in [2.45, 2.75) is 39.7 Å². The number of hydrogen-bond acceptors (Lipinski definition) is 2. The molecule has 0 aliphatic heterocycles. The fourth-order valence-electron chi connectivity index (χ4n) is 1.64. The molecule has 3 N–H and O–H groups in total. The second kappa shape index (κ2) is 4.47. The van der Waals surface area contributed by atoms with E-state index in [-0.39, 0.29) is 6.04 Å². The molecule has 0 saturated heterocycles. The third-order valence-electron chi connectivity index (χ3n) is 2.46. The van der Waals surface area contributed by atoms with Crippen molar-refractivity contribution in [2.75, 3.05) is 0 Å². The van der Waals surface area contributed by atoms with Gasteiger partial charge in [0.2, 0.25) is 0 Å². The van der Waals surface area contributed by atoms with Crippen LogP contribution < -0.4 is 5.73 Å². The van der Waals surface area contributed by atoms with Crippen molar-refractivity contribution >= 4 is 0 Å². The number of aryl methyl sites for hydroxylation is 2. The van der Waals surface area contributed by atoms with E-state index in [1.165, 1.54) is 5.56 Å². The van der Waals surface area contributed by atoms with Gasteiger partial charge in [-0.15, -0.1) is 0 Å². The Morgan fingerprint density at radius 1 is 1.36 bits per heavy atom. The molecule has 1 aromatic rings. The molecule has 0 aromatic heterocycles. The highest BCUT2D eigenvalue weighted by atomic mass is 16.3. The smallest absolute Gasteiger partial charge is 0.119 e. The van der Waals surface area contributed by atoms with E-state index in [2.05, 4.69) is 6.07 Å². The van der Waals surface area contributed by atoms with Crippen LogP contribution in [0, 0.1) is 6.92 Å². The third-order valence-corrected chi connectivity index (χ3v) is 2.46. The molecule has 1 unspecified atom stereocenters. The van der Waals surface area contributed by atoms with Crippen molar-refractivity contribution in [1.29, 1.82) is 0 Å². The van der Waals surface area contributed by atoms with Crippen molar-refractivity contribution in [3.05, 3.63) is 28.8 Å². The summed E-state index contributed by atoms with van der Waals surface area (Å²) in [7, 11) is 0. The summed E-state index contributed by atoms with van der Waals surface area (Å²) in [6, 6.07) is 4.06. The van der Waals surface area contributed by atoms with Crippen LogP contribution in [0.3, 0.4) is 0 Å². The van der Waals surface area contributed by atoms with E-state index < -0.39 is 0 Å². The van der Waals surface area contributed by atoms with Gasteiger partial charge in [-0.25, -0.2) is 0 Å². The molecule has 1 atom stereocenters. The Hall–Kier alpha value is -1.02. The van der Waals surface area contributed by atoms with E-state index in [0.29, 0.717) is 5.75 Å². The number of phenolic OH excluding ortho intramolecular Hbond substituents is 1. The summed E-state index contributed by atoms with van der Waals surface area (Å²) >= 11 is 0. The van der Waals surface area contributed by atoms with Gasteiger partial charge in [0, 0.05) is 6.04 Å². The first-order valence-electron chi connectivity index (χ1n) is 5.11. The van der Waals surface area contributed by atoms with Gasteiger partial charge in [0.25, 0.3) is 0 Å². The van der Waals surface area contributed by atoms with Gasteiger partial charge in [0.15, 0.2) is 0 Å². The van der Waals surface area contributed by atoms with Gasteiger partial charge in [-0.2, -0.15) is 0 Å². The Morgan fingerprint density at radius 2 is 2.00 bits per heavy atom.